The average Bonchev–Trinajstić information content (AvgIpc) is 2.56. The molecule has 2 aromatic rings. The lowest BCUT2D eigenvalue weighted by molar-refractivity contribution is 0.102. The number of carbonyl (C=O) groups is 1. The van der Waals surface area contributed by atoms with E-state index in [4.69, 9.17) is 0 Å². The Morgan fingerprint density at radius 3 is 2.38 bits per heavy atom. The van der Waals surface area contributed by atoms with E-state index in [0.717, 1.165) is 11.1 Å². The van der Waals surface area contributed by atoms with Gasteiger partial charge in [0.2, 0.25) is 10.0 Å². The van der Waals surface area contributed by atoms with Crippen molar-refractivity contribution in [1.82, 2.24) is 4.31 Å². The summed E-state index contributed by atoms with van der Waals surface area (Å²) in [5.41, 5.74) is 2.18. The fourth-order valence-corrected chi connectivity index (χ4v) is 3.85. The Hall–Kier alpha value is -1.98. The highest BCUT2D eigenvalue weighted by Crippen LogP contribution is 2.22. The van der Waals surface area contributed by atoms with Crippen molar-refractivity contribution in [2.24, 2.45) is 0 Å². The van der Waals surface area contributed by atoms with Crippen LogP contribution in [-0.2, 0) is 23.1 Å². The molecule has 0 radical (unpaired) electrons. The molecule has 0 spiro atoms. The van der Waals surface area contributed by atoms with Crippen molar-refractivity contribution in [2.75, 3.05) is 5.75 Å². The molecule has 0 bridgehead atoms. The van der Waals surface area contributed by atoms with E-state index < -0.39 is 15.8 Å². The van der Waals surface area contributed by atoms with E-state index in [-0.39, 0.29) is 18.9 Å². The second-order valence-corrected chi connectivity index (χ2v) is 7.06. The normalized spacial score (nSPS) is 18.0. The number of benzene rings is 2. The molecule has 3 rings (SSSR count). The van der Waals surface area contributed by atoms with Gasteiger partial charge in [-0.15, -0.1) is 0 Å². The van der Waals surface area contributed by atoms with E-state index in [9.17, 15) is 13.2 Å². The minimum absolute atomic E-state index is 0.235. The highest BCUT2D eigenvalue weighted by Gasteiger charge is 2.31. The molecule has 2 aromatic carbocycles. The minimum atomic E-state index is -3.59. The minimum Gasteiger partial charge on any atom is -0.293 e. The zero-order chi connectivity index (χ0) is 14.9. The fraction of sp³-hybridized carbons (Fsp3) is 0.188. The van der Waals surface area contributed by atoms with Crippen LogP contribution < -0.4 is 0 Å². The number of Topliss-reactive ketones (excluding diaryl/α,β-unsaturated/α-hetero) is 1. The molecule has 0 N–H and O–H groups in total. The van der Waals surface area contributed by atoms with Gasteiger partial charge in [0.1, 0.15) is 5.75 Å². The molecule has 0 unspecified atom stereocenters. The predicted molar refractivity (Wildman–Crippen MR) is 80.2 cm³/mol. The summed E-state index contributed by atoms with van der Waals surface area (Å²) in [6.07, 6.45) is 0. The SMILES string of the molecule is O=C1CS(=O)(=O)N(Cc2ccccc2)Cc2ccccc21. The largest absolute Gasteiger partial charge is 0.293 e. The molecule has 0 fully saturated rings. The van der Waals surface area contributed by atoms with Gasteiger partial charge in [-0.3, -0.25) is 4.79 Å². The highest BCUT2D eigenvalue weighted by atomic mass is 32.2. The van der Waals surface area contributed by atoms with E-state index >= 15 is 0 Å². The zero-order valence-corrected chi connectivity index (χ0v) is 12.2. The molecule has 1 heterocycles. The standard InChI is InChI=1S/C16H15NO3S/c18-16-12-21(19,20)17(10-13-6-2-1-3-7-13)11-14-8-4-5-9-15(14)16/h1-9H,10-12H2. The van der Waals surface area contributed by atoms with Crippen molar-refractivity contribution in [1.29, 1.82) is 0 Å². The fourth-order valence-electron chi connectivity index (χ4n) is 2.49. The second-order valence-electron chi connectivity index (χ2n) is 5.09. The summed E-state index contributed by atoms with van der Waals surface area (Å²) in [6, 6.07) is 16.5. The van der Waals surface area contributed by atoms with E-state index in [0.29, 0.717) is 5.56 Å². The summed E-state index contributed by atoms with van der Waals surface area (Å²) in [5.74, 6) is -0.794. The van der Waals surface area contributed by atoms with Crippen molar-refractivity contribution in [3.63, 3.8) is 0 Å². The third-order valence-electron chi connectivity index (χ3n) is 3.57. The third kappa shape index (κ3) is 2.89. The van der Waals surface area contributed by atoms with Crippen molar-refractivity contribution in [2.45, 2.75) is 13.1 Å². The Balaban J connectivity index is 1.98. The van der Waals surface area contributed by atoms with Gasteiger partial charge in [-0.25, -0.2) is 8.42 Å². The molecule has 5 heteroatoms. The molecular formula is C16H15NO3S. The van der Waals surface area contributed by atoms with Gasteiger partial charge in [0.25, 0.3) is 0 Å². The smallest absolute Gasteiger partial charge is 0.222 e. The van der Waals surface area contributed by atoms with Crippen LogP contribution in [0.15, 0.2) is 54.6 Å². The van der Waals surface area contributed by atoms with E-state index in [1.54, 1.807) is 12.1 Å². The zero-order valence-electron chi connectivity index (χ0n) is 11.4. The van der Waals surface area contributed by atoms with E-state index in [1.807, 2.05) is 42.5 Å². The van der Waals surface area contributed by atoms with Crippen LogP contribution in [0.1, 0.15) is 21.5 Å². The number of nitrogens with zero attached hydrogens (tertiary/aromatic N) is 1. The summed E-state index contributed by atoms with van der Waals surface area (Å²) >= 11 is 0. The Morgan fingerprint density at radius 2 is 1.62 bits per heavy atom. The van der Waals surface area contributed by atoms with Crippen molar-refractivity contribution in [3.05, 3.63) is 71.3 Å². The monoisotopic (exact) mass is 301 g/mol. The molecule has 1 aliphatic heterocycles. The van der Waals surface area contributed by atoms with Crippen molar-refractivity contribution >= 4 is 15.8 Å². The third-order valence-corrected chi connectivity index (χ3v) is 5.25. The number of fused-ring (bicyclic) bond motifs is 1. The molecule has 0 amide bonds. The molecule has 4 nitrogen and oxygen atoms in total. The quantitative estimate of drug-likeness (QED) is 0.854. The second kappa shape index (κ2) is 5.42. The first-order valence-electron chi connectivity index (χ1n) is 6.69. The van der Waals surface area contributed by atoms with Crippen LogP contribution in [-0.4, -0.2) is 24.3 Å². The molecule has 108 valence electrons. The number of sulfonamides is 1. The van der Waals surface area contributed by atoms with Crippen LogP contribution in [0.3, 0.4) is 0 Å². The summed E-state index contributed by atoms with van der Waals surface area (Å²) in [4.78, 5) is 12.1. The van der Waals surface area contributed by atoms with Gasteiger partial charge in [0.05, 0.1) is 0 Å². The van der Waals surface area contributed by atoms with Crippen LogP contribution in [0.5, 0.6) is 0 Å². The number of hydrogen-bond acceptors (Lipinski definition) is 3. The van der Waals surface area contributed by atoms with Crippen molar-refractivity contribution in [3.8, 4) is 0 Å². The van der Waals surface area contributed by atoms with Crippen LogP contribution in [0.25, 0.3) is 0 Å². The predicted octanol–water partition coefficient (Wildman–Crippen LogP) is 2.21. The lowest BCUT2D eigenvalue weighted by Crippen LogP contribution is -2.32. The first-order valence-corrected chi connectivity index (χ1v) is 8.30. The number of hydrogen-bond donors (Lipinski definition) is 0. The molecule has 0 saturated carbocycles. The molecule has 21 heavy (non-hydrogen) atoms. The van der Waals surface area contributed by atoms with Crippen LogP contribution in [0, 0.1) is 0 Å². The van der Waals surface area contributed by atoms with Crippen LogP contribution >= 0.6 is 0 Å². The first-order chi connectivity index (χ1) is 10.1. The molecule has 0 atom stereocenters. The lowest BCUT2D eigenvalue weighted by Gasteiger charge is -2.19. The Bertz CT molecular complexity index is 769. The summed E-state index contributed by atoms with van der Waals surface area (Å²) in [7, 11) is -3.59. The molecule has 0 aromatic heterocycles. The van der Waals surface area contributed by atoms with Crippen molar-refractivity contribution < 1.29 is 13.2 Å². The maximum atomic E-state index is 12.4. The first kappa shape index (κ1) is 14.0. The van der Waals surface area contributed by atoms with E-state index in [1.165, 1.54) is 4.31 Å². The molecule has 1 aliphatic rings. The molecular weight excluding hydrogens is 286 g/mol. The molecule has 0 aliphatic carbocycles. The average molecular weight is 301 g/mol. The van der Waals surface area contributed by atoms with Gasteiger partial charge in [-0.05, 0) is 11.1 Å². The van der Waals surface area contributed by atoms with Gasteiger partial charge in [-0.2, -0.15) is 4.31 Å². The topological polar surface area (TPSA) is 54.5 Å². The number of carbonyl (C=O) groups excluding carboxylic acids is 1. The summed E-state index contributed by atoms with van der Waals surface area (Å²) in [6.45, 7) is 0.518. The Labute approximate surface area is 124 Å². The summed E-state index contributed by atoms with van der Waals surface area (Å²) in [5, 5.41) is 0. The van der Waals surface area contributed by atoms with Gasteiger partial charge in [0, 0.05) is 18.7 Å². The van der Waals surface area contributed by atoms with E-state index in [2.05, 4.69) is 0 Å². The Morgan fingerprint density at radius 1 is 0.952 bits per heavy atom. The van der Waals surface area contributed by atoms with Crippen LogP contribution in [0.2, 0.25) is 0 Å². The Kier molecular flexibility index (Phi) is 3.61. The van der Waals surface area contributed by atoms with Gasteiger partial charge >= 0.3 is 0 Å². The van der Waals surface area contributed by atoms with Gasteiger partial charge in [0.15, 0.2) is 5.78 Å². The summed E-state index contributed by atoms with van der Waals surface area (Å²) < 4.78 is 26.2. The number of ketones is 1. The van der Waals surface area contributed by atoms with Crippen LogP contribution in [0.4, 0.5) is 0 Å². The van der Waals surface area contributed by atoms with Gasteiger partial charge < -0.3 is 0 Å². The highest BCUT2D eigenvalue weighted by molar-refractivity contribution is 7.89. The maximum Gasteiger partial charge on any atom is 0.222 e. The lowest BCUT2D eigenvalue weighted by atomic mass is 10.0. The van der Waals surface area contributed by atoms with Gasteiger partial charge in [-0.1, -0.05) is 54.6 Å². The number of rotatable bonds is 2. The molecule has 0 saturated heterocycles. The maximum absolute atomic E-state index is 12.4.